The summed E-state index contributed by atoms with van der Waals surface area (Å²) < 4.78 is 12.3. The Morgan fingerprint density at radius 3 is 2.32 bits per heavy atom. The monoisotopic (exact) mass is 364 g/mol. The van der Waals surface area contributed by atoms with E-state index in [1.807, 2.05) is 19.1 Å². The highest BCUT2D eigenvalue weighted by molar-refractivity contribution is 6.74. The van der Waals surface area contributed by atoms with Crippen molar-refractivity contribution in [3.63, 3.8) is 0 Å². The van der Waals surface area contributed by atoms with Crippen molar-refractivity contribution in [2.45, 2.75) is 97.1 Å². The summed E-state index contributed by atoms with van der Waals surface area (Å²) in [4.78, 5) is 0. The van der Waals surface area contributed by atoms with E-state index in [1.54, 1.807) is 0 Å². The first kappa shape index (κ1) is 20.3. The van der Waals surface area contributed by atoms with E-state index in [0.29, 0.717) is 17.8 Å². The number of aromatic hydroxyl groups is 1. The van der Waals surface area contributed by atoms with Gasteiger partial charge in [0.2, 0.25) is 8.32 Å². The fourth-order valence-electron chi connectivity index (χ4n) is 2.88. The summed E-state index contributed by atoms with van der Waals surface area (Å²) in [5.41, 5.74) is 2.03. The Morgan fingerprint density at radius 2 is 1.84 bits per heavy atom. The van der Waals surface area contributed by atoms with Gasteiger partial charge < -0.3 is 14.3 Å². The van der Waals surface area contributed by atoms with Gasteiger partial charge in [0.05, 0.1) is 11.7 Å². The highest BCUT2D eigenvalue weighted by Crippen LogP contribution is 2.44. The molecule has 25 heavy (non-hydrogen) atoms. The van der Waals surface area contributed by atoms with Gasteiger partial charge in [0.25, 0.3) is 0 Å². The second-order valence-corrected chi connectivity index (χ2v) is 14.5. The maximum atomic E-state index is 10.2. The van der Waals surface area contributed by atoms with Crippen LogP contribution in [-0.2, 0) is 4.74 Å². The van der Waals surface area contributed by atoms with Gasteiger partial charge >= 0.3 is 0 Å². The lowest BCUT2D eigenvalue weighted by Crippen LogP contribution is -2.44. The maximum absolute atomic E-state index is 10.2. The predicted octanol–water partition coefficient (Wildman–Crippen LogP) is 6.15. The van der Waals surface area contributed by atoms with E-state index in [-0.39, 0.29) is 10.6 Å². The normalized spacial score (nSPS) is 21.1. The molecule has 2 atom stereocenters. The van der Waals surface area contributed by atoms with E-state index < -0.39 is 8.32 Å². The number of hydrogen-bond acceptors (Lipinski definition) is 3. The van der Waals surface area contributed by atoms with Crippen molar-refractivity contribution in [3.8, 4) is 11.5 Å². The number of hydrogen-bond donors (Lipinski definition) is 1. The van der Waals surface area contributed by atoms with Gasteiger partial charge in [-0.1, -0.05) is 27.7 Å². The molecule has 0 bridgehead atoms. The zero-order valence-electron chi connectivity index (χ0n) is 17.5. The quantitative estimate of drug-likeness (QED) is 0.486. The van der Waals surface area contributed by atoms with E-state index >= 15 is 0 Å². The molecule has 1 heterocycles. The van der Waals surface area contributed by atoms with Gasteiger partial charge in [-0.2, -0.15) is 0 Å². The SMILES string of the molecule is Cc1cc(O[Si](C)(C)C(C)(C)C)c([C@@H](C)CC[C@H]2OC2(C)C)cc1O. The Kier molecular flexibility index (Phi) is 5.38. The molecule has 1 aliphatic rings. The minimum Gasteiger partial charge on any atom is -0.543 e. The van der Waals surface area contributed by atoms with Crippen LogP contribution in [0.25, 0.3) is 0 Å². The molecule has 1 aromatic carbocycles. The van der Waals surface area contributed by atoms with Gasteiger partial charge in [-0.15, -0.1) is 0 Å². The van der Waals surface area contributed by atoms with Crippen LogP contribution in [0.2, 0.25) is 18.1 Å². The van der Waals surface area contributed by atoms with E-state index in [4.69, 9.17) is 9.16 Å². The van der Waals surface area contributed by atoms with E-state index in [2.05, 4.69) is 54.6 Å². The zero-order valence-corrected chi connectivity index (χ0v) is 18.5. The van der Waals surface area contributed by atoms with Crippen molar-refractivity contribution in [1.29, 1.82) is 0 Å². The molecule has 1 fully saturated rings. The van der Waals surface area contributed by atoms with E-state index in [0.717, 1.165) is 29.7 Å². The third kappa shape index (κ3) is 4.59. The smallest absolute Gasteiger partial charge is 0.250 e. The fourth-order valence-corrected chi connectivity index (χ4v) is 3.92. The summed E-state index contributed by atoms with van der Waals surface area (Å²) >= 11 is 0. The topological polar surface area (TPSA) is 42.0 Å². The average molecular weight is 365 g/mol. The van der Waals surface area contributed by atoms with Crippen molar-refractivity contribution < 1.29 is 14.3 Å². The molecule has 1 saturated heterocycles. The first-order valence-electron chi connectivity index (χ1n) is 9.45. The highest BCUT2D eigenvalue weighted by Gasteiger charge is 2.47. The number of phenols is 1. The van der Waals surface area contributed by atoms with Crippen LogP contribution in [-0.4, -0.2) is 25.1 Å². The first-order chi connectivity index (χ1) is 11.2. The molecule has 2 rings (SSSR count). The molecule has 0 unspecified atom stereocenters. The molecule has 1 aliphatic heterocycles. The number of ether oxygens (including phenoxy) is 1. The van der Waals surface area contributed by atoms with Crippen LogP contribution in [0.1, 0.15) is 71.4 Å². The molecule has 3 nitrogen and oxygen atoms in total. The van der Waals surface area contributed by atoms with Crippen molar-refractivity contribution in [1.82, 2.24) is 0 Å². The first-order valence-corrected chi connectivity index (χ1v) is 12.4. The molecule has 0 amide bonds. The predicted molar refractivity (Wildman–Crippen MR) is 107 cm³/mol. The van der Waals surface area contributed by atoms with E-state index in [9.17, 15) is 5.11 Å². The number of phenolic OH excluding ortho intramolecular Hbond substituents is 1. The molecule has 1 aromatic rings. The summed E-state index contributed by atoms with van der Waals surface area (Å²) in [5, 5.41) is 10.4. The average Bonchev–Trinajstić information content (AvgIpc) is 3.06. The molecule has 0 radical (unpaired) electrons. The Hall–Kier alpha value is -1.00. The minimum atomic E-state index is -1.93. The Morgan fingerprint density at radius 1 is 1.28 bits per heavy atom. The number of epoxide rings is 1. The maximum Gasteiger partial charge on any atom is 0.250 e. The summed E-state index contributed by atoms with van der Waals surface area (Å²) in [6, 6.07) is 3.92. The standard InChI is InChI=1S/C21H36O3Si/c1-14(10-11-19-21(6,7)23-19)16-13-17(22)15(2)12-18(16)24-25(8,9)20(3,4)5/h12-14,19,22H,10-11H2,1-9H3/t14-,19+/m0/s1. The van der Waals surface area contributed by atoms with Crippen LogP contribution in [0.5, 0.6) is 11.5 Å². The summed E-state index contributed by atoms with van der Waals surface area (Å²) in [6.45, 7) is 19.7. The molecule has 0 spiro atoms. The minimum absolute atomic E-state index is 0.0373. The summed E-state index contributed by atoms with van der Waals surface area (Å²) in [5.74, 6) is 1.63. The van der Waals surface area contributed by atoms with Crippen LogP contribution >= 0.6 is 0 Å². The number of benzene rings is 1. The molecule has 0 aliphatic carbocycles. The van der Waals surface area contributed by atoms with Gasteiger partial charge in [0.15, 0.2) is 0 Å². The molecule has 1 N–H and O–H groups in total. The van der Waals surface area contributed by atoms with Crippen LogP contribution in [0, 0.1) is 6.92 Å². The second-order valence-electron chi connectivity index (χ2n) is 9.73. The lowest BCUT2D eigenvalue weighted by molar-refractivity contribution is 0.317. The molecular formula is C21H36O3Si. The van der Waals surface area contributed by atoms with Crippen molar-refractivity contribution in [3.05, 3.63) is 23.3 Å². The summed E-state index contributed by atoms with van der Waals surface area (Å²) in [6.07, 6.45) is 2.44. The molecule has 4 heteroatoms. The van der Waals surface area contributed by atoms with Gasteiger partial charge in [-0.05, 0) is 80.9 Å². The second kappa shape index (κ2) is 6.62. The third-order valence-electron chi connectivity index (χ3n) is 6.06. The Labute approximate surface area is 154 Å². The zero-order chi connectivity index (χ0) is 19.2. The largest absolute Gasteiger partial charge is 0.543 e. The molecule has 0 saturated carbocycles. The highest BCUT2D eigenvalue weighted by atomic mass is 28.4. The van der Waals surface area contributed by atoms with Crippen LogP contribution in [0.4, 0.5) is 0 Å². The summed E-state index contributed by atoms with van der Waals surface area (Å²) in [7, 11) is -1.93. The van der Waals surface area contributed by atoms with Crippen LogP contribution in [0.3, 0.4) is 0 Å². The molecule has 142 valence electrons. The lowest BCUT2D eigenvalue weighted by atomic mass is 9.92. The van der Waals surface area contributed by atoms with Crippen LogP contribution in [0.15, 0.2) is 12.1 Å². The molecular weight excluding hydrogens is 328 g/mol. The third-order valence-corrected chi connectivity index (χ3v) is 10.4. The Balaban J connectivity index is 2.22. The Bertz CT molecular complexity index is 629. The van der Waals surface area contributed by atoms with Gasteiger partial charge in [0.1, 0.15) is 11.5 Å². The van der Waals surface area contributed by atoms with Crippen molar-refractivity contribution >= 4 is 8.32 Å². The van der Waals surface area contributed by atoms with Crippen LogP contribution < -0.4 is 4.43 Å². The number of aryl methyl sites for hydroxylation is 1. The lowest BCUT2D eigenvalue weighted by Gasteiger charge is -2.37. The fraction of sp³-hybridized carbons (Fsp3) is 0.714. The van der Waals surface area contributed by atoms with Crippen molar-refractivity contribution in [2.24, 2.45) is 0 Å². The van der Waals surface area contributed by atoms with Gasteiger partial charge in [-0.25, -0.2) is 0 Å². The van der Waals surface area contributed by atoms with Gasteiger partial charge in [-0.3, -0.25) is 0 Å². The van der Waals surface area contributed by atoms with Gasteiger partial charge in [0, 0.05) is 0 Å². The van der Waals surface area contributed by atoms with Crippen molar-refractivity contribution in [2.75, 3.05) is 0 Å². The van der Waals surface area contributed by atoms with E-state index in [1.165, 1.54) is 0 Å². The number of rotatable bonds is 6. The molecule has 0 aromatic heterocycles.